The van der Waals surface area contributed by atoms with E-state index in [2.05, 4.69) is 28.9 Å². The normalized spacial score (nSPS) is 16.4. The number of nitrogens with zero attached hydrogens (tertiary/aromatic N) is 2. The lowest BCUT2D eigenvalue weighted by Crippen LogP contribution is -2.42. The topological polar surface area (TPSA) is 189 Å². The van der Waals surface area contributed by atoms with Crippen molar-refractivity contribution in [2.75, 3.05) is 24.5 Å². The van der Waals surface area contributed by atoms with Gasteiger partial charge in [-0.05, 0) is 124 Å². The van der Waals surface area contributed by atoms with Gasteiger partial charge in [-0.1, -0.05) is 50.1 Å². The molecular formula is C55H57N5O9. The van der Waals surface area contributed by atoms with Gasteiger partial charge in [0, 0.05) is 82.6 Å². The summed E-state index contributed by atoms with van der Waals surface area (Å²) in [6.07, 6.45) is 6.80. The molecule has 0 unspecified atom stereocenters. The number of phenols is 2. The molecule has 1 fully saturated rings. The van der Waals surface area contributed by atoms with Gasteiger partial charge in [0.15, 0.2) is 5.60 Å². The number of amides is 4. The van der Waals surface area contributed by atoms with Crippen LogP contribution >= 0.6 is 0 Å². The Morgan fingerprint density at radius 1 is 0.725 bits per heavy atom. The molecule has 14 nitrogen and oxygen atoms in total. The number of esters is 1. The van der Waals surface area contributed by atoms with E-state index in [1.807, 2.05) is 60.0 Å². The Hall–Kier alpha value is -7.61. The van der Waals surface area contributed by atoms with E-state index in [0.717, 1.165) is 54.3 Å². The van der Waals surface area contributed by atoms with Crippen molar-refractivity contribution in [3.8, 4) is 23.0 Å². The highest BCUT2D eigenvalue weighted by Crippen LogP contribution is 2.57. The Labute approximate surface area is 400 Å². The number of aryl methyl sites for hydroxylation is 1. The lowest BCUT2D eigenvalue weighted by atomic mass is 9.77. The molecule has 3 aliphatic rings. The second-order valence-corrected chi connectivity index (χ2v) is 18.1. The zero-order valence-corrected chi connectivity index (χ0v) is 38.9. The standard InChI is InChI=1S/C55H57N5O9/c1-3-34-12-11-14-39(28-34)59(4-2)50(63)33-60-46-15-8-7-13-36(46)30-47(60)53(66)58-38-19-16-35(17-20-38)51(64)56-26-9-5-6-10-27-57-52(65)37-18-23-42-45(29-37)55(69-54(42)67)43-24-21-40(61)31-48(43)68-49-32-41(62)22-25-44(49)55/h7-8,11-15,18,21-25,28-32,35,38,61-62H,3-6,9-10,16-17,19-20,26-27,33H2,1-2H3,(H,56,64)(H,57,65)(H,58,66). The van der Waals surface area contributed by atoms with Crippen LogP contribution in [0.25, 0.3) is 10.9 Å². The highest BCUT2D eigenvalue weighted by atomic mass is 16.6. The number of phenolic OH excluding ortho intramolecular Hbond substituents is 2. The molecule has 5 N–H and O–H groups in total. The summed E-state index contributed by atoms with van der Waals surface area (Å²) in [7, 11) is 0. The number of hydrogen-bond donors (Lipinski definition) is 5. The third-order valence-corrected chi connectivity index (χ3v) is 13.7. The summed E-state index contributed by atoms with van der Waals surface area (Å²) in [5.74, 6) is -0.885. The van der Waals surface area contributed by atoms with Gasteiger partial charge in [-0.25, -0.2) is 4.79 Å². The number of carbonyl (C=O) groups is 5. The predicted molar refractivity (Wildman–Crippen MR) is 261 cm³/mol. The van der Waals surface area contributed by atoms with E-state index in [4.69, 9.17) is 9.47 Å². The van der Waals surface area contributed by atoms with E-state index in [9.17, 15) is 34.2 Å². The summed E-state index contributed by atoms with van der Waals surface area (Å²) in [6, 6.07) is 31.3. The van der Waals surface area contributed by atoms with Crippen molar-refractivity contribution in [2.24, 2.45) is 5.92 Å². The van der Waals surface area contributed by atoms with Gasteiger partial charge < -0.3 is 45.1 Å². The minimum Gasteiger partial charge on any atom is -0.508 e. The molecule has 3 heterocycles. The number of ether oxygens (including phenoxy) is 2. The van der Waals surface area contributed by atoms with Crippen molar-refractivity contribution in [3.63, 3.8) is 0 Å². The molecule has 6 aromatic rings. The second kappa shape index (κ2) is 19.9. The smallest absolute Gasteiger partial charge is 0.340 e. The lowest BCUT2D eigenvalue weighted by Gasteiger charge is -2.36. The molecule has 0 atom stereocenters. The fourth-order valence-electron chi connectivity index (χ4n) is 10.1. The molecule has 1 aliphatic carbocycles. The fourth-order valence-corrected chi connectivity index (χ4v) is 10.1. The van der Waals surface area contributed by atoms with E-state index in [0.29, 0.717) is 78.8 Å². The molecule has 1 spiro atoms. The molecule has 9 rings (SSSR count). The van der Waals surface area contributed by atoms with E-state index in [1.54, 1.807) is 35.2 Å². The van der Waals surface area contributed by atoms with Gasteiger partial charge in [-0.2, -0.15) is 0 Å². The molecule has 0 radical (unpaired) electrons. The number of aromatic nitrogens is 1. The Bertz CT molecular complexity index is 2900. The van der Waals surface area contributed by atoms with Crippen LogP contribution in [0, 0.1) is 5.92 Å². The lowest BCUT2D eigenvalue weighted by molar-refractivity contribution is -0.126. The number of likely N-dealkylation sites (N-methyl/N-ethyl adjacent to an activating group) is 1. The molecule has 0 bridgehead atoms. The molecule has 356 valence electrons. The Balaban J connectivity index is 0.716. The van der Waals surface area contributed by atoms with Crippen LogP contribution in [0.1, 0.15) is 119 Å². The van der Waals surface area contributed by atoms with Crippen molar-refractivity contribution in [2.45, 2.75) is 89.8 Å². The first-order chi connectivity index (χ1) is 33.5. The zero-order chi connectivity index (χ0) is 48.2. The van der Waals surface area contributed by atoms with Crippen LogP contribution in [-0.4, -0.2) is 70.1 Å². The van der Waals surface area contributed by atoms with Crippen molar-refractivity contribution < 1.29 is 43.7 Å². The average Bonchev–Trinajstić information content (AvgIpc) is 3.86. The van der Waals surface area contributed by atoms with E-state index < -0.39 is 11.6 Å². The highest BCUT2D eigenvalue weighted by Gasteiger charge is 2.54. The van der Waals surface area contributed by atoms with Crippen LogP contribution in [0.3, 0.4) is 0 Å². The number of hydrogen-bond acceptors (Lipinski definition) is 9. The largest absolute Gasteiger partial charge is 0.508 e. The monoisotopic (exact) mass is 931 g/mol. The predicted octanol–water partition coefficient (Wildman–Crippen LogP) is 8.63. The average molecular weight is 932 g/mol. The van der Waals surface area contributed by atoms with Crippen LogP contribution in [0.15, 0.2) is 109 Å². The Kier molecular flexibility index (Phi) is 13.4. The third kappa shape index (κ3) is 9.35. The number of unbranched alkanes of at least 4 members (excludes halogenated alkanes) is 3. The fraction of sp³-hybridized carbons (Fsp3) is 0.327. The van der Waals surface area contributed by atoms with Crippen LogP contribution < -0.4 is 25.6 Å². The van der Waals surface area contributed by atoms with Gasteiger partial charge in [0.25, 0.3) is 11.8 Å². The van der Waals surface area contributed by atoms with Gasteiger partial charge in [-0.3, -0.25) is 19.2 Å². The zero-order valence-electron chi connectivity index (χ0n) is 38.9. The van der Waals surface area contributed by atoms with Gasteiger partial charge in [0.05, 0.1) is 5.56 Å². The molecule has 4 amide bonds. The molecule has 1 aromatic heterocycles. The van der Waals surface area contributed by atoms with Crippen molar-refractivity contribution in [1.82, 2.24) is 20.5 Å². The minimum absolute atomic E-state index is 0.0224. The molecule has 69 heavy (non-hydrogen) atoms. The number of aromatic hydroxyl groups is 2. The van der Waals surface area contributed by atoms with Crippen LogP contribution in [0.4, 0.5) is 5.69 Å². The Morgan fingerprint density at radius 3 is 2.12 bits per heavy atom. The second-order valence-electron chi connectivity index (χ2n) is 18.1. The summed E-state index contributed by atoms with van der Waals surface area (Å²) < 4.78 is 14.0. The van der Waals surface area contributed by atoms with E-state index in [1.165, 1.54) is 24.3 Å². The Morgan fingerprint density at radius 2 is 1.42 bits per heavy atom. The number of rotatable bonds is 16. The first kappa shape index (κ1) is 46.5. The maximum absolute atomic E-state index is 13.9. The maximum Gasteiger partial charge on any atom is 0.340 e. The van der Waals surface area contributed by atoms with Crippen LogP contribution in [-0.2, 0) is 32.9 Å². The van der Waals surface area contributed by atoms with E-state index in [-0.39, 0.29) is 65.1 Å². The van der Waals surface area contributed by atoms with Gasteiger partial charge in [-0.15, -0.1) is 0 Å². The minimum atomic E-state index is -1.46. The summed E-state index contributed by atoms with van der Waals surface area (Å²) >= 11 is 0. The SMILES string of the molecule is CCc1cccc(N(CC)C(=O)Cn2c(C(=O)NC3CCC(C(=O)NCCCCCCNC(=O)c4ccc5c(c4)C4(OC5=O)c5ccc(O)cc5Oc5cc(O)ccc54)CC3)cc3ccccc32)c1. The molecule has 14 heteroatoms. The van der Waals surface area contributed by atoms with Crippen molar-refractivity contribution >= 4 is 46.2 Å². The highest BCUT2D eigenvalue weighted by molar-refractivity contribution is 6.02. The number of nitrogens with one attached hydrogen (secondary N) is 3. The number of benzene rings is 5. The first-order valence-corrected chi connectivity index (χ1v) is 24.0. The quantitative estimate of drug-likeness (QED) is 0.0468. The van der Waals surface area contributed by atoms with E-state index >= 15 is 0 Å². The molecule has 1 saturated carbocycles. The number of fused-ring (bicyclic) bond motifs is 7. The van der Waals surface area contributed by atoms with Crippen molar-refractivity contribution in [3.05, 3.63) is 148 Å². The van der Waals surface area contributed by atoms with Crippen molar-refractivity contribution in [1.29, 1.82) is 0 Å². The number of para-hydroxylation sites is 1. The molecule has 0 saturated heterocycles. The van der Waals surface area contributed by atoms with Crippen LogP contribution in [0.2, 0.25) is 0 Å². The molecular weight excluding hydrogens is 875 g/mol. The first-order valence-electron chi connectivity index (χ1n) is 24.0. The summed E-state index contributed by atoms with van der Waals surface area (Å²) in [5, 5.41) is 30.6. The molecule has 2 aliphatic heterocycles. The summed E-state index contributed by atoms with van der Waals surface area (Å²) in [5.41, 5.74) is 3.84. The van der Waals surface area contributed by atoms with Gasteiger partial charge in [0.1, 0.15) is 35.2 Å². The van der Waals surface area contributed by atoms with Crippen LogP contribution in [0.5, 0.6) is 23.0 Å². The maximum atomic E-state index is 13.9. The molecule has 5 aromatic carbocycles. The number of anilines is 1. The third-order valence-electron chi connectivity index (χ3n) is 13.7. The summed E-state index contributed by atoms with van der Waals surface area (Å²) in [6.45, 7) is 5.56. The summed E-state index contributed by atoms with van der Waals surface area (Å²) in [4.78, 5) is 69.3. The van der Waals surface area contributed by atoms with Gasteiger partial charge in [0.2, 0.25) is 11.8 Å². The van der Waals surface area contributed by atoms with Gasteiger partial charge >= 0.3 is 5.97 Å². The number of carbonyl (C=O) groups excluding carboxylic acids is 5.